The van der Waals surface area contributed by atoms with Gasteiger partial charge in [0.1, 0.15) is 0 Å². The number of anilines is 2. The molecule has 28 heavy (non-hydrogen) atoms. The van der Waals surface area contributed by atoms with E-state index >= 15 is 0 Å². The lowest BCUT2D eigenvalue weighted by Gasteiger charge is -2.14. The van der Waals surface area contributed by atoms with E-state index < -0.39 is 0 Å². The van der Waals surface area contributed by atoms with E-state index in [4.69, 9.17) is 0 Å². The lowest BCUT2D eigenvalue weighted by Crippen LogP contribution is -2.29. The number of nitrogens with one attached hydrogen (secondary N) is 1. The largest absolute Gasteiger partial charge is 0.322 e. The Balaban J connectivity index is 1.55. The maximum Gasteiger partial charge on any atom is 0.266 e. The number of hydrogen-bond donors (Lipinski definition) is 1. The van der Waals surface area contributed by atoms with Gasteiger partial charge in [-0.2, -0.15) is 0 Å². The van der Waals surface area contributed by atoms with Crippen molar-refractivity contribution in [1.82, 2.24) is 0 Å². The summed E-state index contributed by atoms with van der Waals surface area (Å²) < 4.78 is 1.10. The van der Waals surface area contributed by atoms with Gasteiger partial charge in [-0.1, -0.05) is 12.1 Å². The van der Waals surface area contributed by atoms with Gasteiger partial charge in [-0.05, 0) is 89.7 Å². The van der Waals surface area contributed by atoms with Crippen LogP contribution in [0, 0.1) is 10.5 Å². The first kappa shape index (κ1) is 18.4. The van der Waals surface area contributed by atoms with Crippen molar-refractivity contribution in [1.29, 1.82) is 0 Å². The highest BCUT2D eigenvalue weighted by molar-refractivity contribution is 14.1. The van der Waals surface area contributed by atoms with Crippen molar-refractivity contribution >= 4 is 51.7 Å². The molecule has 6 heteroatoms. The van der Waals surface area contributed by atoms with Crippen LogP contribution in [0.2, 0.25) is 0 Å². The Bertz CT molecular complexity index is 1090. The second-order valence-corrected chi connectivity index (χ2v) is 7.70. The van der Waals surface area contributed by atoms with Crippen molar-refractivity contribution in [2.75, 3.05) is 10.2 Å². The number of carbonyl (C=O) groups excluding carboxylic acids is 3. The third-order valence-corrected chi connectivity index (χ3v) is 5.29. The summed E-state index contributed by atoms with van der Waals surface area (Å²) in [5.41, 5.74) is 3.39. The second-order valence-electron chi connectivity index (χ2n) is 6.45. The van der Waals surface area contributed by atoms with Gasteiger partial charge in [0.05, 0.1) is 16.8 Å². The first-order chi connectivity index (χ1) is 13.5. The van der Waals surface area contributed by atoms with Crippen LogP contribution in [0.15, 0.2) is 66.7 Å². The number of carbonyl (C=O) groups is 3. The fourth-order valence-corrected chi connectivity index (χ4v) is 3.79. The summed E-state index contributed by atoms with van der Waals surface area (Å²) in [5, 5.41) is 2.88. The predicted octanol–water partition coefficient (Wildman–Crippen LogP) is 4.65. The minimum atomic E-state index is -0.354. The minimum Gasteiger partial charge on any atom is -0.322 e. The van der Waals surface area contributed by atoms with E-state index in [0.717, 1.165) is 19.7 Å². The van der Waals surface area contributed by atoms with E-state index in [1.165, 1.54) is 0 Å². The molecule has 0 unspecified atom stereocenters. The summed E-state index contributed by atoms with van der Waals surface area (Å²) in [7, 11) is 0. The third-order valence-electron chi connectivity index (χ3n) is 4.62. The molecular formula is C22H15IN2O3. The molecule has 4 rings (SSSR count). The number of rotatable bonds is 3. The summed E-state index contributed by atoms with van der Waals surface area (Å²) in [6, 6.07) is 18.9. The zero-order chi connectivity index (χ0) is 19.8. The van der Waals surface area contributed by atoms with Crippen LogP contribution in [0.5, 0.6) is 0 Å². The first-order valence-corrected chi connectivity index (χ1v) is 9.69. The average molecular weight is 482 g/mol. The van der Waals surface area contributed by atoms with E-state index in [1.54, 1.807) is 48.5 Å². The zero-order valence-electron chi connectivity index (χ0n) is 14.9. The van der Waals surface area contributed by atoms with Crippen LogP contribution in [-0.4, -0.2) is 17.7 Å². The Hall–Kier alpha value is -3.00. The predicted molar refractivity (Wildman–Crippen MR) is 116 cm³/mol. The molecule has 0 saturated carbocycles. The van der Waals surface area contributed by atoms with E-state index in [2.05, 4.69) is 27.9 Å². The molecule has 1 heterocycles. The Morgan fingerprint density at radius 1 is 0.893 bits per heavy atom. The summed E-state index contributed by atoms with van der Waals surface area (Å²) in [4.78, 5) is 38.8. The molecule has 138 valence electrons. The number of benzene rings is 3. The molecule has 3 aromatic rings. The standard InChI is InChI=1S/C22H15IN2O3/c1-13-12-15(23)8-11-19(13)24-20(26)14-6-9-16(10-7-14)25-21(27)17-4-2-3-5-18(17)22(25)28/h2-12H,1H3,(H,24,26). The molecule has 0 saturated heterocycles. The van der Waals surface area contributed by atoms with Gasteiger partial charge in [-0.3, -0.25) is 14.4 Å². The molecule has 1 aliphatic rings. The van der Waals surface area contributed by atoms with Crippen molar-refractivity contribution in [3.05, 3.63) is 92.6 Å². The quantitative estimate of drug-likeness (QED) is 0.437. The van der Waals surface area contributed by atoms with Gasteiger partial charge in [-0.25, -0.2) is 4.90 Å². The van der Waals surface area contributed by atoms with Gasteiger partial charge in [0.25, 0.3) is 17.7 Å². The molecule has 1 aliphatic heterocycles. The lowest BCUT2D eigenvalue weighted by atomic mass is 10.1. The number of halogens is 1. The third kappa shape index (κ3) is 3.20. The monoisotopic (exact) mass is 482 g/mol. The van der Waals surface area contributed by atoms with Crippen molar-refractivity contribution in [2.45, 2.75) is 6.92 Å². The maximum atomic E-state index is 12.6. The number of imide groups is 1. The van der Waals surface area contributed by atoms with Crippen LogP contribution in [0.4, 0.5) is 11.4 Å². The van der Waals surface area contributed by atoms with E-state index in [9.17, 15) is 14.4 Å². The summed E-state index contributed by atoms with van der Waals surface area (Å²) >= 11 is 2.22. The fourth-order valence-electron chi connectivity index (χ4n) is 3.15. The highest BCUT2D eigenvalue weighted by Crippen LogP contribution is 2.28. The van der Waals surface area contributed by atoms with Crippen LogP contribution in [0.3, 0.4) is 0 Å². The molecule has 5 nitrogen and oxygen atoms in total. The number of amides is 3. The van der Waals surface area contributed by atoms with Crippen molar-refractivity contribution in [2.24, 2.45) is 0 Å². The van der Waals surface area contributed by atoms with E-state index in [1.807, 2.05) is 25.1 Å². The lowest BCUT2D eigenvalue weighted by molar-refractivity contribution is 0.0925. The van der Waals surface area contributed by atoms with Crippen molar-refractivity contribution in [3.8, 4) is 0 Å². The minimum absolute atomic E-state index is 0.252. The summed E-state index contributed by atoms with van der Waals surface area (Å²) in [6.45, 7) is 1.93. The summed E-state index contributed by atoms with van der Waals surface area (Å²) in [6.07, 6.45) is 0. The Morgan fingerprint density at radius 3 is 2.07 bits per heavy atom. The Labute approximate surface area is 175 Å². The second kappa shape index (κ2) is 7.20. The molecule has 3 amide bonds. The van der Waals surface area contributed by atoms with Crippen LogP contribution < -0.4 is 10.2 Å². The van der Waals surface area contributed by atoms with Gasteiger partial charge >= 0.3 is 0 Å². The SMILES string of the molecule is Cc1cc(I)ccc1NC(=O)c1ccc(N2C(=O)c3ccccc3C2=O)cc1. The molecule has 0 aromatic heterocycles. The molecule has 1 N–H and O–H groups in total. The normalized spacial score (nSPS) is 12.9. The fraction of sp³-hybridized carbons (Fsp3) is 0.0455. The number of nitrogens with zero attached hydrogens (tertiary/aromatic N) is 1. The van der Waals surface area contributed by atoms with Crippen LogP contribution in [-0.2, 0) is 0 Å². The highest BCUT2D eigenvalue weighted by Gasteiger charge is 2.36. The molecule has 3 aromatic carbocycles. The van der Waals surface area contributed by atoms with Crippen LogP contribution in [0.1, 0.15) is 36.6 Å². The molecule has 0 atom stereocenters. The molecular weight excluding hydrogens is 467 g/mol. The Kier molecular flexibility index (Phi) is 4.72. The van der Waals surface area contributed by atoms with Gasteiger partial charge in [0.15, 0.2) is 0 Å². The number of hydrogen-bond acceptors (Lipinski definition) is 3. The highest BCUT2D eigenvalue weighted by atomic mass is 127. The smallest absolute Gasteiger partial charge is 0.266 e. The molecule has 0 bridgehead atoms. The van der Waals surface area contributed by atoms with Crippen LogP contribution in [0.25, 0.3) is 0 Å². The summed E-state index contributed by atoms with van der Waals surface area (Å²) in [5.74, 6) is -0.960. The molecule has 0 radical (unpaired) electrons. The molecule has 0 aliphatic carbocycles. The van der Waals surface area contributed by atoms with E-state index in [-0.39, 0.29) is 17.7 Å². The van der Waals surface area contributed by atoms with Crippen molar-refractivity contribution in [3.63, 3.8) is 0 Å². The average Bonchev–Trinajstić information content (AvgIpc) is 2.95. The van der Waals surface area contributed by atoms with Gasteiger partial charge in [0, 0.05) is 14.8 Å². The topological polar surface area (TPSA) is 66.5 Å². The van der Waals surface area contributed by atoms with Gasteiger partial charge in [-0.15, -0.1) is 0 Å². The molecule has 0 fully saturated rings. The zero-order valence-corrected chi connectivity index (χ0v) is 17.1. The maximum absolute atomic E-state index is 12.6. The van der Waals surface area contributed by atoms with E-state index in [0.29, 0.717) is 22.4 Å². The molecule has 0 spiro atoms. The Morgan fingerprint density at radius 2 is 1.50 bits per heavy atom. The van der Waals surface area contributed by atoms with Gasteiger partial charge in [0.2, 0.25) is 0 Å². The number of fused-ring (bicyclic) bond motifs is 1. The van der Waals surface area contributed by atoms with Crippen LogP contribution >= 0.6 is 22.6 Å². The first-order valence-electron chi connectivity index (χ1n) is 8.61. The van der Waals surface area contributed by atoms with Crippen molar-refractivity contribution < 1.29 is 14.4 Å². The van der Waals surface area contributed by atoms with Gasteiger partial charge < -0.3 is 5.32 Å². The number of aryl methyl sites for hydroxylation is 1.